The average Bonchev–Trinajstić information content (AvgIpc) is 2.36. The quantitative estimate of drug-likeness (QED) is 0.751. The first-order valence-electron chi connectivity index (χ1n) is 6.26. The number of pyridine rings is 1. The van der Waals surface area contributed by atoms with Crippen molar-refractivity contribution in [2.45, 2.75) is 26.8 Å². The monoisotopic (exact) mass is 249 g/mol. The Bertz CT molecular complexity index is 412. The molecule has 98 valence electrons. The summed E-state index contributed by atoms with van der Waals surface area (Å²) in [6.07, 6.45) is 7.58. The van der Waals surface area contributed by atoms with Crippen LogP contribution in [-0.4, -0.2) is 24.6 Å². The molecule has 1 heterocycles. The normalized spacial score (nSPS) is 10.1. The van der Waals surface area contributed by atoms with Crippen LogP contribution in [0.25, 0.3) is 0 Å². The van der Waals surface area contributed by atoms with Crippen LogP contribution in [0.2, 0.25) is 0 Å². The second-order valence-corrected chi connectivity index (χ2v) is 4.04. The van der Waals surface area contributed by atoms with Gasteiger partial charge in [0.15, 0.2) is 0 Å². The highest BCUT2D eigenvalue weighted by atomic mass is 19.1. The van der Waals surface area contributed by atoms with Crippen LogP contribution in [0.3, 0.4) is 0 Å². The molecule has 0 aliphatic carbocycles. The summed E-state index contributed by atoms with van der Waals surface area (Å²) in [6, 6.07) is 1.52. The van der Waals surface area contributed by atoms with Crippen molar-refractivity contribution in [1.82, 2.24) is 10.3 Å². The van der Waals surface area contributed by atoms with Gasteiger partial charge >= 0.3 is 0 Å². The molecule has 3 nitrogen and oxygen atoms in total. The zero-order valence-electron chi connectivity index (χ0n) is 11.0. The summed E-state index contributed by atoms with van der Waals surface area (Å²) >= 11 is 0. The molecule has 0 fully saturated rings. The van der Waals surface area contributed by atoms with Gasteiger partial charge in [-0.3, -0.25) is 0 Å². The van der Waals surface area contributed by atoms with Crippen LogP contribution in [0, 0.1) is 18.2 Å². The fourth-order valence-corrected chi connectivity index (χ4v) is 1.79. The molecule has 0 unspecified atom stereocenters. The molecule has 0 aliphatic rings. The third-order valence-electron chi connectivity index (χ3n) is 2.55. The highest BCUT2D eigenvalue weighted by Gasteiger charge is 2.12. The van der Waals surface area contributed by atoms with E-state index in [9.17, 15) is 4.39 Å². The second-order valence-electron chi connectivity index (χ2n) is 4.04. The van der Waals surface area contributed by atoms with Crippen molar-refractivity contribution >= 4 is 5.82 Å². The Kier molecular flexibility index (Phi) is 6.16. The molecule has 1 rings (SSSR count). The Labute approximate surface area is 108 Å². The van der Waals surface area contributed by atoms with Crippen molar-refractivity contribution in [3.8, 4) is 12.3 Å². The van der Waals surface area contributed by atoms with Gasteiger partial charge in [-0.05, 0) is 19.0 Å². The minimum absolute atomic E-state index is 0.316. The molecule has 1 N–H and O–H groups in total. The lowest BCUT2D eigenvalue weighted by molar-refractivity contribution is 0.612. The smallest absolute Gasteiger partial charge is 0.141 e. The molecule has 1 aromatic rings. The number of hydrogen-bond acceptors (Lipinski definition) is 3. The number of anilines is 1. The Morgan fingerprint density at radius 3 is 2.89 bits per heavy atom. The molecule has 0 aliphatic heterocycles. The molecule has 0 aromatic carbocycles. The summed E-state index contributed by atoms with van der Waals surface area (Å²) in [4.78, 5) is 6.19. The number of halogens is 1. The van der Waals surface area contributed by atoms with Crippen LogP contribution >= 0.6 is 0 Å². The zero-order valence-corrected chi connectivity index (χ0v) is 11.0. The highest BCUT2D eigenvalue weighted by molar-refractivity contribution is 5.48. The largest absolute Gasteiger partial charge is 0.345 e. The Morgan fingerprint density at radius 2 is 2.28 bits per heavy atom. The van der Waals surface area contributed by atoms with Crippen LogP contribution < -0.4 is 10.2 Å². The van der Waals surface area contributed by atoms with Crippen LogP contribution in [0.1, 0.15) is 25.8 Å². The van der Waals surface area contributed by atoms with Crippen molar-refractivity contribution in [3.05, 3.63) is 23.6 Å². The van der Waals surface area contributed by atoms with Crippen LogP contribution in [0.4, 0.5) is 10.2 Å². The SMILES string of the molecule is C#CCN(CCC)c1ncc(F)cc1CNCC. The van der Waals surface area contributed by atoms with Gasteiger partial charge in [0, 0.05) is 18.7 Å². The van der Waals surface area contributed by atoms with Gasteiger partial charge in [-0.25, -0.2) is 9.37 Å². The lowest BCUT2D eigenvalue weighted by Crippen LogP contribution is -2.27. The molecule has 4 heteroatoms. The van der Waals surface area contributed by atoms with E-state index in [1.165, 1.54) is 12.3 Å². The van der Waals surface area contributed by atoms with E-state index < -0.39 is 0 Å². The van der Waals surface area contributed by atoms with Crippen molar-refractivity contribution in [3.63, 3.8) is 0 Å². The van der Waals surface area contributed by atoms with Gasteiger partial charge in [0.05, 0.1) is 12.7 Å². The molecule has 0 saturated carbocycles. The van der Waals surface area contributed by atoms with E-state index in [4.69, 9.17) is 6.42 Å². The van der Waals surface area contributed by atoms with Gasteiger partial charge in [-0.1, -0.05) is 19.8 Å². The first kappa shape index (κ1) is 14.5. The van der Waals surface area contributed by atoms with Crippen molar-refractivity contribution in [2.75, 3.05) is 24.5 Å². The average molecular weight is 249 g/mol. The Morgan fingerprint density at radius 1 is 1.50 bits per heavy atom. The van der Waals surface area contributed by atoms with E-state index in [-0.39, 0.29) is 5.82 Å². The van der Waals surface area contributed by atoms with E-state index in [0.717, 1.165) is 30.9 Å². The molecule has 0 radical (unpaired) electrons. The molecule has 18 heavy (non-hydrogen) atoms. The number of nitrogens with one attached hydrogen (secondary N) is 1. The number of hydrogen-bond donors (Lipinski definition) is 1. The number of rotatable bonds is 7. The van der Waals surface area contributed by atoms with Crippen molar-refractivity contribution in [2.24, 2.45) is 0 Å². The fraction of sp³-hybridized carbons (Fsp3) is 0.500. The molecular weight excluding hydrogens is 229 g/mol. The second kappa shape index (κ2) is 7.67. The number of nitrogens with zero attached hydrogens (tertiary/aromatic N) is 2. The van der Waals surface area contributed by atoms with E-state index >= 15 is 0 Å². The van der Waals surface area contributed by atoms with Crippen LogP contribution in [0.15, 0.2) is 12.3 Å². The lowest BCUT2D eigenvalue weighted by atomic mass is 10.2. The Hall–Kier alpha value is -1.60. The van der Waals surface area contributed by atoms with Gasteiger partial charge < -0.3 is 10.2 Å². The minimum atomic E-state index is -0.316. The molecule has 0 amide bonds. The third-order valence-corrected chi connectivity index (χ3v) is 2.55. The fourth-order valence-electron chi connectivity index (χ4n) is 1.79. The molecule has 0 bridgehead atoms. The topological polar surface area (TPSA) is 28.2 Å². The highest BCUT2D eigenvalue weighted by Crippen LogP contribution is 2.18. The molecule has 0 atom stereocenters. The van der Waals surface area contributed by atoms with Crippen LogP contribution in [0.5, 0.6) is 0 Å². The lowest BCUT2D eigenvalue weighted by Gasteiger charge is -2.23. The first-order chi connectivity index (χ1) is 8.72. The van der Waals surface area contributed by atoms with Gasteiger partial charge in [0.2, 0.25) is 0 Å². The Balaban J connectivity index is 2.99. The maximum Gasteiger partial charge on any atom is 0.141 e. The van der Waals surface area contributed by atoms with Crippen molar-refractivity contribution in [1.29, 1.82) is 0 Å². The van der Waals surface area contributed by atoms with Gasteiger partial charge in [-0.2, -0.15) is 0 Å². The number of terminal acetylenes is 1. The molecule has 0 saturated heterocycles. The maximum absolute atomic E-state index is 13.3. The van der Waals surface area contributed by atoms with Gasteiger partial charge in [0.1, 0.15) is 11.6 Å². The van der Waals surface area contributed by atoms with E-state index in [2.05, 4.69) is 23.1 Å². The molecule has 1 aromatic heterocycles. The maximum atomic E-state index is 13.3. The zero-order chi connectivity index (χ0) is 13.4. The first-order valence-corrected chi connectivity index (χ1v) is 6.26. The summed E-state index contributed by atoms with van der Waals surface area (Å²) in [5, 5.41) is 3.19. The van der Waals surface area contributed by atoms with Gasteiger partial charge in [-0.15, -0.1) is 6.42 Å². The standard InChI is InChI=1S/C14H20FN3/c1-4-7-18(8-5-2)14-12(10-16-6-3)9-13(15)11-17-14/h1,9,11,16H,5-8,10H2,2-3H3. The van der Waals surface area contributed by atoms with Gasteiger partial charge in [0.25, 0.3) is 0 Å². The summed E-state index contributed by atoms with van der Waals surface area (Å²) in [7, 11) is 0. The summed E-state index contributed by atoms with van der Waals surface area (Å²) in [5.74, 6) is 3.08. The summed E-state index contributed by atoms with van der Waals surface area (Å²) in [6.45, 7) is 6.84. The van der Waals surface area contributed by atoms with E-state index in [1.807, 2.05) is 11.8 Å². The number of aromatic nitrogens is 1. The predicted octanol–water partition coefficient (Wildman–Crippen LogP) is 2.18. The predicted molar refractivity (Wildman–Crippen MR) is 72.9 cm³/mol. The van der Waals surface area contributed by atoms with Crippen LogP contribution in [-0.2, 0) is 6.54 Å². The molecular formula is C14H20FN3. The van der Waals surface area contributed by atoms with E-state index in [0.29, 0.717) is 13.1 Å². The third kappa shape index (κ3) is 4.01. The van der Waals surface area contributed by atoms with E-state index in [1.54, 1.807) is 0 Å². The summed E-state index contributed by atoms with van der Waals surface area (Å²) < 4.78 is 13.3. The minimum Gasteiger partial charge on any atom is -0.345 e. The summed E-state index contributed by atoms with van der Waals surface area (Å²) in [5.41, 5.74) is 0.848. The van der Waals surface area contributed by atoms with Crippen molar-refractivity contribution < 1.29 is 4.39 Å². The molecule has 0 spiro atoms.